The van der Waals surface area contributed by atoms with Gasteiger partial charge in [-0.2, -0.15) is 0 Å². The van der Waals surface area contributed by atoms with Crippen LogP contribution in [0.15, 0.2) is 58.5 Å². The molecular weight excluding hydrogens is 559 g/mol. The molecule has 0 aliphatic carbocycles. The van der Waals surface area contributed by atoms with E-state index in [1.807, 2.05) is 37.0 Å². The van der Waals surface area contributed by atoms with Gasteiger partial charge in [0.05, 0.1) is 17.0 Å². The van der Waals surface area contributed by atoms with E-state index < -0.39 is 0 Å². The van der Waals surface area contributed by atoms with Crippen LogP contribution in [0, 0.1) is 5.41 Å². The summed E-state index contributed by atoms with van der Waals surface area (Å²) in [5, 5.41) is 3.93. The molecule has 9 nitrogen and oxygen atoms in total. The summed E-state index contributed by atoms with van der Waals surface area (Å²) in [5.41, 5.74) is 15.9. The van der Waals surface area contributed by atoms with Gasteiger partial charge in [0.1, 0.15) is 17.4 Å². The number of H-pyrrole nitrogens is 1. The van der Waals surface area contributed by atoms with Crippen molar-refractivity contribution in [3.63, 3.8) is 0 Å². The number of carbonyl (C=O) groups excluding carboxylic acids is 2. The summed E-state index contributed by atoms with van der Waals surface area (Å²) in [7, 11) is 2.67. The van der Waals surface area contributed by atoms with E-state index in [1.165, 1.54) is 6.20 Å². The number of dihydropyridines is 1. The van der Waals surface area contributed by atoms with Gasteiger partial charge in [-0.25, -0.2) is 4.99 Å². The molecule has 3 unspecified atom stereocenters. The number of ketones is 1. The van der Waals surface area contributed by atoms with Gasteiger partial charge in [0.2, 0.25) is 11.7 Å². The smallest absolute Gasteiger partial charge is 0.223 e. The predicted molar refractivity (Wildman–Crippen MR) is 180 cm³/mol. The van der Waals surface area contributed by atoms with Crippen LogP contribution in [-0.4, -0.2) is 52.9 Å². The highest BCUT2D eigenvalue weighted by Gasteiger charge is 2.24. The summed E-state index contributed by atoms with van der Waals surface area (Å²) >= 11 is 0. The number of amides is 1. The van der Waals surface area contributed by atoms with Crippen molar-refractivity contribution in [2.75, 3.05) is 19.6 Å². The lowest BCUT2D eigenvalue weighted by Gasteiger charge is -2.28. The molecule has 1 aromatic carbocycles. The fraction of sp³-hybridized carbons (Fsp3) is 0.485. The van der Waals surface area contributed by atoms with E-state index >= 15 is 0 Å². The molecule has 0 bridgehead atoms. The highest BCUT2D eigenvalue weighted by molar-refractivity contribution is 7.17. The number of nitrogens with one attached hydrogen (secondary N) is 2. The van der Waals surface area contributed by atoms with E-state index in [2.05, 4.69) is 59.2 Å². The van der Waals surface area contributed by atoms with Gasteiger partial charge in [-0.3, -0.25) is 9.59 Å². The number of rotatable bonds is 13. The minimum absolute atomic E-state index is 0.0432. The first-order valence-corrected chi connectivity index (χ1v) is 15.7. The monoisotopic (exact) mass is 608 g/mol. The lowest BCUT2D eigenvalue weighted by Crippen LogP contribution is -2.35. The van der Waals surface area contributed by atoms with E-state index in [-0.39, 0.29) is 40.3 Å². The van der Waals surface area contributed by atoms with Crippen molar-refractivity contribution in [2.24, 2.45) is 21.9 Å². The van der Waals surface area contributed by atoms with Crippen LogP contribution in [0.2, 0.25) is 0 Å². The average Bonchev–Trinajstić information content (AvgIpc) is 3.33. The lowest BCUT2D eigenvalue weighted by atomic mass is 9.91. The Morgan fingerprint density at radius 1 is 1.21 bits per heavy atom. The molecule has 10 heteroatoms. The molecule has 6 N–H and O–H groups in total. The molecule has 43 heavy (non-hydrogen) atoms. The van der Waals surface area contributed by atoms with E-state index in [4.69, 9.17) is 16.2 Å². The summed E-state index contributed by atoms with van der Waals surface area (Å²) < 4.78 is 6.21. The molecule has 1 aliphatic heterocycles. The number of nitrogens with zero attached hydrogens (tertiary/aromatic N) is 2. The van der Waals surface area contributed by atoms with Crippen LogP contribution in [0.5, 0.6) is 5.75 Å². The Labute approximate surface area is 258 Å². The van der Waals surface area contributed by atoms with E-state index in [0.717, 1.165) is 47.2 Å². The Bertz CT molecular complexity index is 1440. The molecule has 0 saturated heterocycles. The highest BCUT2D eigenvalue weighted by atomic mass is 31.0. The zero-order valence-corrected chi connectivity index (χ0v) is 27.9. The van der Waals surface area contributed by atoms with Crippen LogP contribution in [0.3, 0.4) is 0 Å². The summed E-state index contributed by atoms with van der Waals surface area (Å²) in [4.78, 5) is 36.2. The summed E-state index contributed by atoms with van der Waals surface area (Å²) in [6.45, 7) is 16.5. The van der Waals surface area contributed by atoms with Gasteiger partial charge >= 0.3 is 0 Å². The first-order valence-electron chi connectivity index (χ1n) is 15.0. The van der Waals surface area contributed by atoms with Gasteiger partial charge in [0.15, 0.2) is 0 Å². The average molecular weight is 609 g/mol. The number of amidine groups is 1. The number of nitrogens with two attached hydrogens (primary N) is 2. The normalized spacial score (nSPS) is 15.8. The zero-order valence-electron chi connectivity index (χ0n) is 26.7. The maximum absolute atomic E-state index is 13.5. The molecule has 0 spiro atoms. The Kier molecular flexibility index (Phi) is 11.6. The van der Waals surface area contributed by atoms with Crippen LogP contribution in [0.1, 0.15) is 89.7 Å². The molecule has 2 heterocycles. The lowest BCUT2D eigenvalue weighted by molar-refractivity contribution is -0.133. The van der Waals surface area contributed by atoms with E-state index in [1.54, 1.807) is 12.3 Å². The quantitative estimate of drug-likeness (QED) is 0.0756. The molecule has 1 aliphatic rings. The second kappa shape index (κ2) is 14.7. The van der Waals surface area contributed by atoms with Crippen LogP contribution < -0.4 is 21.5 Å². The number of Topliss-reactive ketones (excluding diaryl/α,β-unsaturated/α-hetero) is 1. The molecule has 1 amide bonds. The van der Waals surface area contributed by atoms with Gasteiger partial charge in [0.25, 0.3) is 0 Å². The van der Waals surface area contributed by atoms with Gasteiger partial charge < -0.3 is 31.4 Å². The Balaban J connectivity index is 1.89. The molecule has 2 aromatic rings. The van der Waals surface area contributed by atoms with Gasteiger partial charge in [0, 0.05) is 49.4 Å². The van der Waals surface area contributed by atoms with Gasteiger partial charge in [-0.1, -0.05) is 49.9 Å². The third-order valence-electron chi connectivity index (χ3n) is 7.30. The van der Waals surface area contributed by atoms with Crippen molar-refractivity contribution in [3.8, 4) is 5.75 Å². The fourth-order valence-electron chi connectivity index (χ4n) is 5.01. The standard InChI is InChI=1S/C33H49N6O3P/c1-8-12-39(30(40)17-33(5,6)7)13-10-20(2)24-16-26-23(15-29(24)42-22(4)43)14-27(37-26)31(41)25(18-34)32(35)38-28-19-36-11-9-21(28)3/h9,14-16,18-20,22,36-37H,8,10-13,17,34,43H2,1-7H3,(H2,35,38). The van der Waals surface area contributed by atoms with Crippen molar-refractivity contribution >= 4 is 37.7 Å². The number of allylic oxidation sites excluding steroid dienone is 1. The number of ether oxygens (including phenoxy) is 1. The zero-order chi connectivity index (χ0) is 31.9. The second-order valence-corrected chi connectivity index (χ2v) is 13.5. The number of aromatic amines is 1. The number of fused-ring (bicyclic) bond motifs is 1. The minimum Gasteiger partial charge on any atom is -0.487 e. The van der Waals surface area contributed by atoms with Gasteiger partial charge in [-0.05, 0) is 67.4 Å². The summed E-state index contributed by atoms with van der Waals surface area (Å²) in [5.74, 6) is 0.615. The van der Waals surface area contributed by atoms with Crippen LogP contribution in [0.25, 0.3) is 10.9 Å². The number of benzene rings is 1. The van der Waals surface area contributed by atoms with Crippen molar-refractivity contribution in [1.82, 2.24) is 15.2 Å². The minimum atomic E-state index is -0.352. The maximum Gasteiger partial charge on any atom is 0.223 e. The third-order valence-corrected chi connectivity index (χ3v) is 7.43. The molecular formula is C33H49N6O3P. The Hall–Kier alpha value is -3.58. The Morgan fingerprint density at radius 3 is 2.53 bits per heavy atom. The molecule has 0 fully saturated rings. The summed E-state index contributed by atoms with van der Waals surface area (Å²) in [6.07, 6.45) is 7.17. The van der Waals surface area contributed by atoms with Crippen LogP contribution in [0.4, 0.5) is 0 Å². The first kappa shape index (κ1) is 33.9. The topological polar surface area (TPSA) is 139 Å². The highest BCUT2D eigenvalue weighted by Crippen LogP contribution is 2.35. The van der Waals surface area contributed by atoms with Crippen LogP contribution >= 0.6 is 9.24 Å². The first-order chi connectivity index (χ1) is 20.2. The van der Waals surface area contributed by atoms with Crippen molar-refractivity contribution in [1.29, 1.82) is 0 Å². The number of aromatic nitrogens is 1. The predicted octanol–water partition coefficient (Wildman–Crippen LogP) is 5.71. The van der Waals surface area contributed by atoms with Crippen molar-refractivity contribution in [2.45, 2.75) is 79.5 Å². The molecule has 1 aromatic heterocycles. The maximum atomic E-state index is 13.5. The largest absolute Gasteiger partial charge is 0.487 e. The summed E-state index contributed by atoms with van der Waals surface area (Å²) in [6, 6.07) is 5.78. The molecule has 0 radical (unpaired) electrons. The molecule has 0 saturated carbocycles. The fourth-order valence-corrected chi connectivity index (χ4v) is 5.15. The van der Waals surface area contributed by atoms with Crippen LogP contribution in [-0.2, 0) is 4.79 Å². The number of carbonyl (C=O) groups is 2. The second-order valence-electron chi connectivity index (χ2n) is 12.5. The third kappa shape index (κ3) is 9.20. The number of aliphatic imine (C=N–C) groups is 1. The SMILES string of the molecule is CCCN(CCC(C)c1cc2[nH]c(C(=O)C(=CN)C(N)=NC3=CNCC=C3C)cc2cc1OC(C)P)C(=O)CC(C)(C)C. The molecule has 234 valence electrons. The molecule has 3 rings (SSSR count). The van der Waals surface area contributed by atoms with Crippen molar-refractivity contribution in [3.05, 3.63) is 64.8 Å². The Morgan fingerprint density at radius 2 is 1.93 bits per heavy atom. The van der Waals surface area contributed by atoms with Gasteiger partial charge in [-0.15, -0.1) is 0 Å². The number of hydrogen-bond donors (Lipinski definition) is 4. The number of hydrogen-bond acceptors (Lipinski definition) is 6. The molecule has 3 atom stereocenters. The van der Waals surface area contributed by atoms with E-state index in [9.17, 15) is 9.59 Å². The van der Waals surface area contributed by atoms with Crippen molar-refractivity contribution < 1.29 is 14.3 Å². The van der Waals surface area contributed by atoms with E-state index in [0.29, 0.717) is 30.9 Å².